The van der Waals surface area contributed by atoms with Crippen LogP contribution in [0.15, 0.2) is 36.5 Å². The van der Waals surface area contributed by atoms with E-state index in [4.69, 9.17) is 4.74 Å². The van der Waals surface area contributed by atoms with Gasteiger partial charge in [-0.15, -0.1) is 0 Å². The molecule has 1 saturated heterocycles. The SMILES string of the molecule is CC(C)c1ccccc1Nc1nccc(NCCN2CCOCC2)n1. The van der Waals surface area contributed by atoms with Crippen LogP contribution in [0.3, 0.4) is 0 Å². The number of para-hydroxylation sites is 1. The minimum absolute atomic E-state index is 0.443. The summed E-state index contributed by atoms with van der Waals surface area (Å²) in [5, 5.41) is 6.73. The standard InChI is InChI=1S/C19H27N5O/c1-15(2)16-5-3-4-6-17(16)22-19-21-8-7-18(23-19)20-9-10-24-11-13-25-14-12-24/h3-8,15H,9-14H2,1-2H3,(H2,20,21,22,23). The van der Waals surface area contributed by atoms with Crippen molar-refractivity contribution in [2.75, 3.05) is 50.0 Å². The first-order valence-corrected chi connectivity index (χ1v) is 8.95. The number of hydrogen-bond donors (Lipinski definition) is 2. The molecule has 0 radical (unpaired) electrons. The van der Waals surface area contributed by atoms with Gasteiger partial charge in [-0.1, -0.05) is 32.0 Å². The van der Waals surface area contributed by atoms with Gasteiger partial charge >= 0.3 is 0 Å². The molecule has 1 aromatic heterocycles. The summed E-state index contributed by atoms with van der Waals surface area (Å²) in [5.74, 6) is 1.90. The van der Waals surface area contributed by atoms with Crippen molar-refractivity contribution in [3.05, 3.63) is 42.1 Å². The number of nitrogens with zero attached hydrogens (tertiary/aromatic N) is 3. The van der Waals surface area contributed by atoms with Crippen molar-refractivity contribution in [1.82, 2.24) is 14.9 Å². The number of anilines is 3. The van der Waals surface area contributed by atoms with Crippen LogP contribution in [0.5, 0.6) is 0 Å². The maximum Gasteiger partial charge on any atom is 0.229 e. The lowest BCUT2D eigenvalue weighted by Crippen LogP contribution is -2.39. The molecule has 0 bridgehead atoms. The minimum atomic E-state index is 0.443. The summed E-state index contributed by atoms with van der Waals surface area (Å²) < 4.78 is 5.37. The molecule has 0 amide bonds. The van der Waals surface area contributed by atoms with Crippen LogP contribution >= 0.6 is 0 Å². The maximum atomic E-state index is 5.37. The van der Waals surface area contributed by atoms with E-state index in [-0.39, 0.29) is 0 Å². The summed E-state index contributed by atoms with van der Waals surface area (Å²) in [6, 6.07) is 10.2. The van der Waals surface area contributed by atoms with E-state index >= 15 is 0 Å². The molecule has 6 heteroatoms. The highest BCUT2D eigenvalue weighted by molar-refractivity contribution is 5.60. The van der Waals surface area contributed by atoms with Gasteiger partial charge in [0.2, 0.25) is 5.95 Å². The van der Waals surface area contributed by atoms with Crippen molar-refractivity contribution in [3.8, 4) is 0 Å². The zero-order valence-corrected chi connectivity index (χ0v) is 15.0. The van der Waals surface area contributed by atoms with E-state index in [9.17, 15) is 0 Å². The predicted molar refractivity (Wildman–Crippen MR) is 102 cm³/mol. The second-order valence-electron chi connectivity index (χ2n) is 6.51. The first kappa shape index (κ1) is 17.6. The molecule has 0 aliphatic carbocycles. The predicted octanol–water partition coefficient (Wildman–Crippen LogP) is 3.09. The van der Waals surface area contributed by atoms with Crippen LogP contribution < -0.4 is 10.6 Å². The van der Waals surface area contributed by atoms with E-state index in [1.165, 1.54) is 5.56 Å². The lowest BCUT2D eigenvalue weighted by molar-refractivity contribution is 0.0398. The Morgan fingerprint density at radius 1 is 1.16 bits per heavy atom. The number of nitrogens with one attached hydrogen (secondary N) is 2. The van der Waals surface area contributed by atoms with Crippen molar-refractivity contribution < 1.29 is 4.74 Å². The van der Waals surface area contributed by atoms with Gasteiger partial charge in [-0.05, 0) is 23.6 Å². The van der Waals surface area contributed by atoms with E-state index in [0.29, 0.717) is 11.9 Å². The molecule has 1 aliphatic rings. The third kappa shape index (κ3) is 5.14. The van der Waals surface area contributed by atoms with Crippen LogP contribution in [-0.2, 0) is 4.74 Å². The van der Waals surface area contributed by atoms with Crippen molar-refractivity contribution in [2.24, 2.45) is 0 Å². The second-order valence-corrected chi connectivity index (χ2v) is 6.51. The topological polar surface area (TPSA) is 62.3 Å². The normalized spacial score (nSPS) is 15.3. The lowest BCUT2D eigenvalue weighted by Gasteiger charge is -2.26. The Kier molecular flexibility index (Phi) is 6.19. The van der Waals surface area contributed by atoms with E-state index in [1.807, 2.05) is 12.1 Å². The quantitative estimate of drug-likeness (QED) is 0.807. The van der Waals surface area contributed by atoms with Gasteiger partial charge in [-0.3, -0.25) is 4.90 Å². The number of rotatable bonds is 7. The maximum absolute atomic E-state index is 5.37. The minimum Gasteiger partial charge on any atom is -0.379 e. The van der Waals surface area contributed by atoms with Gasteiger partial charge in [0.1, 0.15) is 5.82 Å². The van der Waals surface area contributed by atoms with Crippen molar-refractivity contribution in [3.63, 3.8) is 0 Å². The van der Waals surface area contributed by atoms with Crippen LogP contribution in [0.1, 0.15) is 25.3 Å². The molecule has 2 heterocycles. The van der Waals surface area contributed by atoms with Gasteiger partial charge in [-0.2, -0.15) is 4.98 Å². The average molecular weight is 341 g/mol. The average Bonchev–Trinajstić information content (AvgIpc) is 2.63. The molecule has 2 N–H and O–H groups in total. The molecule has 1 fully saturated rings. The molecular weight excluding hydrogens is 314 g/mol. The molecule has 0 atom stereocenters. The largest absolute Gasteiger partial charge is 0.379 e. The Morgan fingerprint density at radius 2 is 1.96 bits per heavy atom. The van der Waals surface area contributed by atoms with Crippen LogP contribution in [0, 0.1) is 0 Å². The molecule has 134 valence electrons. The Labute approximate surface area is 149 Å². The molecule has 2 aromatic rings. The fourth-order valence-corrected chi connectivity index (χ4v) is 2.92. The smallest absolute Gasteiger partial charge is 0.229 e. The summed E-state index contributed by atoms with van der Waals surface area (Å²) in [5.41, 5.74) is 2.32. The number of ether oxygens (including phenoxy) is 1. The summed E-state index contributed by atoms with van der Waals surface area (Å²) in [4.78, 5) is 11.3. The highest BCUT2D eigenvalue weighted by Crippen LogP contribution is 2.25. The van der Waals surface area contributed by atoms with Gasteiger partial charge in [-0.25, -0.2) is 4.98 Å². The van der Waals surface area contributed by atoms with Gasteiger partial charge in [0.15, 0.2) is 0 Å². The highest BCUT2D eigenvalue weighted by atomic mass is 16.5. The van der Waals surface area contributed by atoms with E-state index in [0.717, 1.165) is 50.9 Å². The van der Waals surface area contributed by atoms with Crippen LogP contribution in [0.4, 0.5) is 17.5 Å². The summed E-state index contributed by atoms with van der Waals surface area (Å²) >= 11 is 0. The monoisotopic (exact) mass is 341 g/mol. The molecule has 0 spiro atoms. The van der Waals surface area contributed by atoms with Crippen molar-refractivity contribution in [1.29, 1.82) is 0 Å². The molecule has 0 unspecified atom stereocenters. The van der Waals surface area contributed by atoms with Gasteiger partial charge < -0.3 is 15.4 Å². The van der Waals surface area contributed by atoms with Crippen LogP contribution in [0.2, 0.25) is 0 Å². The Hall–Kier alpha value is -2.18. The number of morpholine rings is 1. The Bertz CT molecular complexity index is 670. The third-order valence-electron chi connectivity index (χ3n) is 4.32. The van der Waals surface area contributed by atoms with E-state index < -0.39 is 0 Å². The molecule has 1 aromatic carbocycles. The summed E-state index contributed by atoms with van der Waals surface area (Å²) in [7, 11) is 0. The fraction of sp³-hybridized carbons (Fsp3) is 0.474. The van der Waals surface area contributed by atoms with E-state index in [1.54, 1.807) is 6.20 Å². The van der Waals surface area contributed by atoms with Crippen molar-refractivity contribution in [2.45, 2.75) is 19.8 Å². The fourth-order valence-electron chi connectivity index (χ4n) is 2.92. The molecular formula is C19H27N5O. The van der Waals surface area contributed by atoms with E-state index in [2.05, 4.69) is 57.5 Å². The highest BCUT2D eigenvalue weighted by Gasteiger charge is 2.10. The number of benzene rings is 1. The van der Waals surface area contributed by atoms with Crippen LogP contribution in [-0.4, -0.2) is 54.3 Å². The van der Waals surface area contributed by atoms with Crippen LogP contribution in [0.25, 0.3) is 0 Å². The molecule has 6 nitrogen and oxygen atoms in total. The number of hydrogen-bond acceptors (Lipinski definition) is 6. The van der Waals surface area contributed by atoms with Gasteiger partial charge in [0.05, 0.1) is 13.2 Å². The third-order valence-corrected chi connectivity index (χ3v) is 4.32. The zero-order chi connectivity index (χ0) is 17.5. The molecule has 1 aliphatic heterocycles. The van der Waals surface area contributed by atoms with Crippen molar-refractivity contribution >= 4 is 17.5 Å². The second kappa shape index (κ2) is 8.78. The lowest BCUT2D eigenvalue weighted by atomic mass is 10.0. The number of aromatic nitrogens is 2. The summed E-state index contributed by atoms with van der Waals surface area (Å²) in [6.45, 7) is 9.89. The summed E-state index contributed by atoms with van der Waals surface area (Å²) in [6.07, 6.45) is 1.78. The molecule has 3 rings (SSSR count). The Morgan fingerprint density at radius 3 is 2.76 bits per heavy atom. The van der Waals surface area contributed by atoms with Gasteiger partial charge in [0.25, 0.3) is 0 Å². The first-order chi connectivity index (χ1) is 12.2. The molecule has 25 heavy (non-hydrogen) atoms. The zero-order valence-electron chi connectivity index (χ0n) is 15.0. The van der Waals surface area contributed by atoms with Gasteiger partial charge in [0, 0.05) is 38.1 Å². The Balaban J connectivity index is 1.58. The first-order valence-electron chi connectivity index (χ1n) is 8.95. The molecule has 0 saturated carbocycles.